The van der Waals surface area contributed by atoms with Gasteiger partial charge in [-0.15, -0.1) is 0 Å². The Morgan fingerprint density at radius 1 is 1.67 bits per heavy atom. The van der Waals surface area contributed by atoms with Gasteiger partial charge in [0.25, 0.3) is 0 Å². The van der Waals surface area contributed by atoms with E-state index in [1.807, 2.05) is 19.2 Å². The predicted molar refractivity (Wildman–Crippen MR) is 57.9 cm³/mol. The van der Waals surface area contributed by atoms with Crippen LogP contribution in [0.3, 0.4) is 0 Å². The van der Waals surface area contributed by atoms with Crippen LogP contribution in [0.2, 0.25) is 0 Å². The van der Waals surface area contributed by atoms with Crippen LogP contribution in [-0.4, -0.2) is 26.2 Å². The van der Waals surface area contributed by atoms with E-state index in [9.17, 15) is 0 Å². The first-order valence-electron chi connectivity index (χ1n) is 4.86. The first kappa shape index (κ1) is 9.81. The summed E-state index contributed by atoms with van der Waals surface area (Å²) in [4.78, 5) is 2.07. The summed E-state index contributed by atoms with van der Waals surface area (Å²) in [6.07, 6.45) is 0. The molecule has 0 fully saturated rings. The largest absolute Gasteiger partial charge is 0.489 e. The molecule has 4 heteroatoms. The number of hydrogen-bond acceptors (Lipinski definition) is 4. The van der Waals surface area contributed by atoms with Gasteiger partial charge in [-0.2, -0.15) is 5.26 Å². The molecule has 1 aliphatic heterocycles. The predicted octanol–water partition coefficient (Wildman–Crippen LogP) is 0.714. The number of ether oxygens (including phenoxy) is 1. The number of nitrogens with zero attached hydrogens (tertiary/aromatic N) is 2. The molecule has 0 spiro atoms. The van der Waals surface area contributed by atoms with Gasteiger partial charge in [-0.1, -0.05) is 0 Å². The minimum absolute atomic E-state index is 0.187. The van der Waals surface area contributed by atoms with E-state index in [1.54, 1.807) is 6.07 Å². The molecule has 0 bridgehead atoms. The Morgan fingerprint density at radius 3 is 3.13 bits per heavy atom. The molecule has 1 aromatic carbocycles. The summed E-state index contributed by atoms with van der Waals surface area (Å²) in [7, 11) is 1.97. The monoisotopic (exact) mass is 203 g/mol. The fourth-order valence-corrected chi connectivity index (χ4v) is 1.71. The third-order valence-electron chi connectivity index (χ3n) is 2.72. The normalized spacial score (nSPS) is 19.0. The second-order valence-corrected chi connectivity index (χ2v) is 3.61. The average molecular weight is 203 g/mol. The second kappa shape index (κ2) is 3.79. The van der Waals surface area contributed by atoms with Gasteiger partial charge in [-0.3, -0.25) is 0 Å². The molecule has 2 rings (SSSR count). The lowest BCUT2D eigenvalue weighted by molar-refractivity contribution is 0.269. The van der Waals surface area contributed by atoms with Gasteiger partial charge in [0, 0.05) is 13.6 Å². The molecule has 2 N–H and O–H groups in total. The standard InChI is InChI=1S/C11H13N3O/c1-14-9(6-13)7-15-11-3-2-8(5-12)4-10(11)14/h2-4,9H,6-7,13H2,1H3. The summed E-state index contributed by atoms with van der Waals surface area (Å²) in [5, 5.41) is 8.81. The summed E-state index contributed by atoms with van der Waals surface area (Å²) in [5.74, 6) is 0.821. The summed E-state index contributed by atoms with van der Waals surface area (Å²) in [6, 6.07) is 7.72. The zero-order valence-corrected chi connectivity index (χ0v) is 8.60. The third-order valence-corrected chi connectivity index (χ3v) is 2.72. The fourth-order valence-electron chi connectivity index (χ4n) is 1.71. The molecule has 0 amide bonds. The van der Waals surface area contributed by atoms with Gasteiger partial charge in [-0.25, -0.2) is 0 Å². The van der Waals surface area contributed by atoms with Gasteiger partial charge in [-0.05, 0) is 18.2 Å². The number of benzene rings is 1. The van der Waals surface area contributed by atoms with Crippen molar-refractivity contribution in [3.8, 4) is 11.8 Å². The van der Waals surface area contributed by atoms with Gasteiger partial charge in [0.1, 0.15) is 12.4 Å². The first-order valence-corrected chi connectivity index (χ1v) is 4.86. The van der Waals surface area contributed by atoms with Gasteiger partial charge in [0.05, 0.1) is 23.4 Å². The zero-order chi connectivity index (χ0) is 10.8. The molecule has 0 saturated heterocycles. The molecule has 1 aliphatic rings. The van der Waals surface area contributed by atoms with Crippen molar-refractivity contribution in [2.75, 3.05) is 25.1 Å². The fraction of sp³-hybridized carbons (Fsp3) is 0.364. The lowest BCUT2D eigenvalue weighted by Gasteiger charge is -2.35. The molecule has 0 aliphatic carbocycles. The van der Waals surface area contributed by atoms with Crippen LogP contribution in [-0.2, 0) is 0 Å². The quantitative estimate of drug-likeness (QED) is 0.730. The third kappa shape index (κ3) is 1.62. The maximum Gasteiger partial charge on any atom is 0.142 e. The summed E-state index contributed by atoms with van der Waals surface area (Å²) in [6.45, 7) is 1.15. The molecule has 1 heterocycles. The van der Waals surface area contributed by atoms with Crippen molar-refractivity contribution >= 4 is 5.69 Å². The van der Waals surface area contributed by atoms with E-state index in [0.717, 1.165) is 11.4 Å². The number of rotatable bonds is 1. The van der Waals surface area contributed by atoms with Gasteiger partial charge in [0.15, 0.2) is 0 Å². The van der Waals surface area contributed by atoms with Crippen LogP contribution in [0.5, 0.6) is 5.75 Å². The van der Waals surface area contributed by atoms with Crippen molar-refractivity contribution in [2.45, 2.75) is 6.04 Å². The highest BCUT2D eigenvalue weighted by Gasteiger charge is 2.23. The van der Waals surface area contributed by atoms with E-state index < -0.39 is 0 Å². The maximum atomic E-state index is 8.81. The molecule has 0 saturated carbocycles. The lowest BCUT2D eigenvalue weighted by atomic mass is 10.1. The van der Waals surface area contributed by atoms with Crippen LogP contribution in [0.25, 0.3) is 0 Å². The number of likely N-dealkylation sites (N-methyl/N-ethyl adjacent to an activating group) is 1. The van der Waals surface area contributed by atoms with Crippen LogP contribution in [0.4, 0.5) is 5.69 Å². The number of nitrogens with two attached hydrogens (primary N) is 1. The van der Waals surface area contributed by atoms with Crippen molar-refractivity contribution < 1.29 is 4.74 Å². The molecule has 0 radical (unpaired) electrons. The average Bonchev–Trinajstić information content (AvgIpc) is 2.29. The Bertz CT molecular complexity index is 411. The Morgan fingerprint density at radius 2 is 2.47 bits per heavy atom. The smallest absolute Gasteiger partial charge is 0.142 e. The number of nitriles is 1. The van der Waals surface area contributed by atoms with Crippen LogP contribution < -0.4 is 15.4 Å². The molecule has 1 aromatic rings. The highest BCUT2D eigenvalue weighted by atomic mass is 16.5. The van der Waals surface area contributed by atoms with Crippen LogP contribution in [0.15, 0.2) is 18.2 Å². The number of anilines is 1. The Balaban J connectivity index is 2.41. The first-order chi connectivity index (χ1) is 7.26. The molecule has 0 aromatic heterocycles. The minimum Gasteiger partial charge on any atom is -0.489 e. The van der Waals surface area contributed by atoms with Crippen LogP contribution >= 0.6 is 0 Å². The Labute approximate surface area is 88.9 Å². The Kier molecular flexibility index (Phi) is 2.48. The molecular weight excluding hydrogens is 190 g/mol. The summed E-state index contributed by atoms with van der Waals surface area (Å²) >= 11 is 0. The minimum atomic E-state index is 0.187. The SMILES string of the molecule is CN1c2cc(C#N)ccc2OCC1CN. The Hall–Kier alpha value is -1.73. The highest BCUT2D eigenvalue weighted by Crippen LogP contribution is 2.33. The van der Waals surface area contributed by atoms with E-state index in [2.05, 4.69) is 11.0 Å². The van der Waals surface area contributed by atoms with Gasteiger partial charge >= 0.3 is 0 Å². The maximum absolute atomic E-state index is 8.81. The zero-order valence-electron chi connectivity index (χ0n) is 8.60. The molecular formula is C11H13N3O. The summed E-state index contributed by atoms with van der Waals surface area (Å²) < 4.78 is 5.57. The van der Waals surface area contributed by atoms with Crippen molar-refractivity contribution in [3.05, 3.63) is 23.8 Å². The lowest BCUT2D eigenvalue weighted by Crippen LogP contribution is -2.45. The van der Waals surface area contributed by atoms with Crippen LogP contribution in [0.1, 0.15) is 5.56 Å². The molecule has 1 atom stereocenters. The molecule has 78 valence electrons. The van der Waals surface area contributed by atoms with E-state index in [1.165, 1.54) is 0 Å². The van der Waals surface area contributed by atoms with E-state index in [0.29, 0.717) is 18.7 Å². The number of fused-ring (bicyclic) bond motifs is 1. The highest BCUT2D eigenvalue weighted by molar-refractivity contribution is 5.63. The topological polar surface area (TPSA) is 62.3 Å². The number of hydrogen-bond donors (Lipinski definition) is 1. The van der Waals surface area contributed by atoms with E-state index in [-0.39, 0.29) is 6.04 Å². The second-order valence-electron chi connectivity index (χ2n) is 3.61. The van der Waals surface area contributed by atoms with Crippen LogP contribution in [0, 0.1) is 11.3 Å². The molecule has 1 unspecified atom stereocenters. The summed E-state index contributed by atoms with van der Waals surface area (Å²) in [5.41, 5.74) is 7.22. The van der Waals surface area contributed by atoms with Crippen molar-refractivity contribution in [1.82, 2.24) is 0 Å². The van der Waals surface area contributed by atoms with E-state index in [4.69, 9.17) is 15.7 Å². The van der Waals surface area contributed by atoms with Crippen molar-refractivity contribution in [1.29, 1.82) is 5.26 Å². The van der Waals surface area contributed by atoms with E-state index >= 15 is 0 Å². The van der Waals surface area contributed by atoms with Crippen molar-refractivity contribution in [3.63, 3.8) is 0 Å². The molecule has 4 nitrogen and oxygen atoms in total. The van der Waals surface area contributed by atoms with Gasteiger partial charge in [0.2, 0.25) is 0 Å². The molecule has 15 heavy (non-hydrogen) atoms. The van der Waals surface area contributed by atoms with Gasteiger partial charge < -0.3 is 15.4 Å². The van der Waals surface area contributed by atoms with Crippen molar-refractivity contribution in [2.24, 2.45) is 5.73 Å².